The van der Waals surface area contributed by atoms with Crippen LogP contribution >= 0.6 is 11.6 Å². The van der Waals surface area contributed by atoms with Crippen LogP contribution in [0.25, 0.3) is 11.2 Å². The van der Waals surface area contributed by atoms with Crippen LogP contribution in [0.4, 0.5) is 0 Å². The molecule has 1 aliphatic rings. The smallest absolute Gasteiger partial charge is 0.245 e. The van der Waals surface area contributed by atoms with Gasteiger partial charge in [-0.2, -0.15) is 4.98 Å². The molecule has 0 unspecified atom stereocenters. The third kappa shape index (κ3) is 1.82. The number of imidazole rings is 1. The molecule has 0 atom stereocenters. The number of aromatic nitrogens is 4. The number of rotatable bonds is 4. The van der Waals surface area contributed by atoms with Crippen LogP contribution in [0.3, 0.4) is 0 Å². The van der Waals surface area contributed by atoms with Crippen molar-refractivity contribution in [2.45, 2.75) is 31.7 Å². The number of alkyl halides is 1. The normalized spacial score (nSPS) is 15.9. The molecule has 0 bridgehead atoms. The molecule has 6 heteroatoms. The molecule has 2 heterocycles. The van der Waals surface area contributed by atoms with Crippen molar-refractivity contribution in [2.75, 3.05) is 7.11 Å². The molecule has 96 valence electrons. The van der Waals surface area contributed by atoms with Gasteiger partial charge in [0.05, 0.1) is 13.0 Å². The average Bonchev–Trinajstić information content (AvgIpc) is 2.71. The largest absolute Gasteiger partial charge is 0.479 e. The maximum atomic E-state index is 5.97. The van der Waals surface area contributed by atoms with Crippen molar-refractivity contribution in [2.24, 2.45) is 5.92 Å². The second kappa shape index (κ2) is 4.72. The predicted molar refractivity (Wildman–Crippen MR) is 68.8 cm³/mol. The van der Waals surface area contributed by atoms with E-state index in [0.717, 1.165) is 23.9 Å². The Bertz CT molecular complexity index is 564. The Morgan fingerprint density at radius 3 is 2.89 bits per heavy atom. The van der Waals surface area contributed by atoms with Gasteiger partial charge in [-0.15, -0.1) is 11.6 Å². The van der Waals surface area contributed by atoms with E-state index in [1.807, 2.05) is 0 Å². The highest BCUT2D eigenvalue weighted by Gasteiger charge is 2.22. The van der Waals surface area contributed by atoms with E-state index < -0.39 is 0 Å². The fourth-order valence-corrected chi connectivity index (χ4v) is 2.54. The quantitative estimate of drug-likeness (QED) is 0.798. The van der Waals surface area contributed by atoms with Crippen molar-refractivity contribution in [3.63, 3.8) is 0 Å². The lowest BCUT2D eigenvalue weighted by molar-refractivity contribution is 0.277. The molecule has 2 aromatic rings. The molecule has 0 amide bonds. The first-order valence-electron chi connectivity index (χ1n) is 6.13. The zero-order chi connectivity index (χ0) is 12.5. The minimum Gasteiger partial charge on any atom is -0.479 e. The van der Waals surface area contributed by atoms with E-state index in [9.17, 15) is 0 Å². The van der Waals surface area contributed by atoms with E-state index in [2.05, 4.69) is 19.5 Å². The molecule has 0 radical (unpaired) electrons. The van der Waals surface area contributed by atoms with E-state index in [-0.39, 0.29) is 0 Å². The van der Waals surface area contributed by atoms with Crippen LogP contribution < -0.4 is 4.74 Å². The maximum absolute atomic E-state index is 5.97. The summed E-state index contributed by atoms with van der Waals surface area (Å²) >= 11 is 5.97. The number of nitrogens with zero attached hydrogens (tertiary/aromatic N) is 4. The summed E-state index contributed by atoms with van der Waals surface area (Å²) in [6.07, 6.45) is 5.40. The van der Waals surface area contributed by atoms with Gasteiger partial charge in [-0.3, -0.25) is 0 Å². The Kier molecular flexibility index (Phi) is 3.07. The summed E-state index contributed by atoms with van der Waals surface area (Å²) in [5.74, 6) is 2.47. The third-order valence-electron chi connectivity index (χ3n) is 3.56. The molecule has 1 saturated carbocycles. The third-order valence-corrected chi connectivity index (χ3v) is 3.79. The molecule has 1 aliphatic carbocycles. The summed E-state index contributed by atoms with van der Waals surface area (Å²) in [5, 5.41) is 0. The van der Waals surface area contributed by atoms with Crippen molar-refractivity contribution in [3.8, 4) is 5.88 Å². The first kappa shape index (κ1) is 11.7. The molecule has 18 heavy (non-hydrogen) atoms. The van der Waals surface area contributed by atoms with E-state index in [4.69, 9.17) is 16.3 Å². The summed E-state index contributed by atoms with van der Waals surface area (Å²) in [6, 6.07) is 0. The van der Waals surface area contributed by atoms with Gasteiger partial charge in [0.25, 0.3) is 0 Å². The highest BCUT2D eigenvalue weighted by molar-refractivity contribution is 6.16. The molecule has 1 fully saturated rings. The Balaban J connectivity index is 2.08. The van der Waals surface area contributed by atoms with Gasteiger partial charge in [-0.05, 0) is 18.8 Å². The van der Waals surface area contributed by atoms with Crippen molar-refractivity contribution in [1.82, 2.24) is 19.5 Å². The van der Waals surface area contributed by atoms with Gasteiger partial charge in [0.15, 0.2) is 11.2 Å². The fraction of sp³-hybridized carbons (Fsp3) is 0.583. The van der Waals surface area contributed by atoms with E-state index >= 15 is 0 Å². The van der Waals surface area contributed by atoms with Crippen LogP contribution in [0.15, 0.2) is 6.33 Å². The van der Waals surface area contributed by atoms with Gasteiger partial charge in [0, 0.05) is 6.54 Å². The van der Waals surface area contributed by atoms with Crippen LogP contribution in [0, 0.1) is 5.92 Å². The molecule has 5 nitrogen and oxygen atoms in total. The van der Waals surface area contributed by atoms with Gasteiger partial charge in [-0.1, -0.05) is 6.42 Å². The Hall–Kier alpha value is -1.36. The Morgan fingerprint density at radius 1 is 1.44 bits per heavy atom. The monoisotopic (exact) mass is 266 g/mol. The zero-order valence-electron chi connectivity index (χ0n) is 10.3. The van der Waals surface area contributed by atoms with Crippen molar-refractivity contribution in [1.29, 1.82) is 0 Å². The number of hydrogen-bond donors (Lipinski definition) is 0. The number of ether oxygens (including phenoxy) is 1. The van der Waals surface area contributed by atoms with Crippen LogP contribution in [-0.4, -0.2) is 26.6 Å². The van der Waals surface area contributed by atoms with Gasteiger partial charge in [0.2, 0.25) is 5.88 Å². The second-order valence-corrected chi connectivity index (χ2v) is 4.89. The van der Waals surface area contributed by atoms with E-state index in [1.165, 1.54) is 25.6 Å². The second-order valence-electron chi connectivity index (χ2n) is 4.62. The maximum Gasteiger partial charge on any atom is 0.245 e. The topological polar surface area (TPSA) is 52.8 Å². The first-order valence-corrected chi connectivity index (χ1v) is 6.67. The molecular formula is C12H15ClN4O. The standard InChI is InChI=1S/C12H15ClN4O/c1-18-12-10-11(14-7-15-12)17(9(5-13)16-10)6-8-3-2-4-8/h7-8H,2-6H2,1H3. The summed E-state index contributed by atoms with van der Waals surface area (Å²) < 4.78 is 7.32. The molecule has 0 aliphatic heterocycles. The SMILES string of the molecule is COc1ncnc2c1nc(CCl)n2CC1CCC1. The lowest BCUT2D eigenvalue weighted by atomic mass is 9.85. The number of hydrogen-bond acceptors (Lipinski definition) is 4. The minimum atomic E-state index is 0.381. The van der Waals surface area contributed by atoms with E-state index in [1.54, 1.807) is 7.11 Å². The van der Waals surface area contributed by atoms with Crippen molar-refractivity contribution in [3.05, 3.63) is 12.2 Å². The predicted octanol–water partition coefficient (Wildman–Crippen LogP) is 2.37. The van der Waals surface area contributed by atoms with Gasteiger partial charge in [-0.25, -0.2) is 9.97 Å². The molecule has 2 aromatic heterocycles. The molecule has 3 rings (SSSR count). The molecule has 0 N–H and O–H groups in total. The van der Waals surface area contributed by atoms with Gasteiger partial charge in [0.1, 0.15) is 12.2 Å². The van der Waals surface area contributed by atoms with Crippen molar-refractivity contribution < 1.29 is 4.74 Å². The van der Waals surface area contributed by atoms with Crippen LogP contribution in [0.2, 0.25) is 0 Å². The van der Waals surface area contributed by atoms with Gasteiger partial charge < -0.3 is 9.30 Å². The Labute approximate surface area is 110 Å². The molecule has 0 spiro atoms. The number of methoxy groups -OCH3 is 1. The van der Waals surface area contributed by atoms with Gasteiger partial charge >= 0.3 is 0 Å². The average molecular weight is 267 g/mol. The molecule has 0 aromatic carbocycles. The fourth-order valence-electron chi connectivity index (χ4n) is 2.34. The van der Waals surface area contributed by atoms with E-state index in [0.29, 0.717) is 17.3 Å². The van der Waals surface area contributed by atoms with Crippen LogP contribution in [0.1, 0.15) is 25.1 Å². The Morgan fingerprint density at radius 2 is 2.28 bits per heavy atom. The summed E-state index contributed by atoms with van der Waals surface area (Å²) in [4.78, 5) is 12.9. The van der Waals surface area contributed by atoms with Crippen molar-refractivity contribution >= 4 is 22.8 Å². The minimum absolute atomic E-state index is 0.381. The summed E-state index contributed by atoms with van der Waals surface area (Å²) in [6.45, 7) is 0.943. The lowest BCUT2D eigenvalue weighted by Gasteiger charge is -2.26. The lowest BCUT2D eigenvalue weighted by Crippen LogP contribution is -2.19. The number of fused-ring (bicyclic) bond motifs is 1. The summed E-state index contributed by atoms with van der Waals surface area (Å²) in [7, 11) is 1.59. The van der Waals surface area contributed by atoms with Crippen LogP contribution in [0.5, 0.6) is 5.88 Å². The highest BCUT2D eigenvalue weighted by atomic mass is 35.5. The van der Waals surface area contributed by atoms with Crippen LogP contribution in [-0.2, 0) is 12.4 Å². The molecular weight excluding hydrogens is 252 g/mol. The summed E-state index contributed by atoms with van der Waals surface area (Å²) in [5.41, 5.74) is 1.53. The zero-order valence-corrected chi connectivity index (χ0v) is 11.0. The first-order chi connectivity index (χ1) is 8.83. The molecule has 0 saturated heterocycles. The number of halogens is 1. The highest BCUT2D eigenvalue weighted by Crippen LogP contribution is 2.30.